The Bertz CT molecular complexity index is 830. The van der Waals surface area contributed by atoms with Gasteiger partial charge in [-0.15, -0.1) is 0 Å². The quantitative estimate of drug-likeness (QED) is 0.670. The van der Waals surface area contributed by atoms with Crippen LogP contribution in [0.4, 0.5) is 19.3 Å². The molecule has 1 aliphatic rings. The molecule has 28 heavy (non-hydrogen) atoms. The van der Waals surface area contributed by atoms with Gasteiger partial charge in [-0.2, -0.15) is 8.78 Å². The largest absolute Gasteiger partial charge is 0.338 e. The van der Waals surface area contributed by atoms with Gasteiger partial charge in [0.05, 0.1) is 0 Å². The Kier molecular flexibility index (Phi) is 6.86. The van der Waals surface area contributed by atoms with Crippen molar-refractivity contribution < 1.29 is 18.4 Å². The number of hydrogen-bond acceptors (Lipinski definition) is 3. The van der Waals surface area contributed by atoms with E-state index in [1.807, 2.05) is 29.2 Å². The summed E-state index contributed by atoms with van der Waals surface area (Å²) in [5.41, 5.74) is 2.49. The first-order valence-electron chi connectivity index (χ1n) is 8.95. The van der Waals surface area contributed by atoms with E-state index in [0.29, 0.717) is 41.9 Å². The lowest BCUT2D eigenvalue weighted by Crippen LogP contribution is -2.28. The van der Waals surface area contributed by atoms with Crippen LogP contribution in [0.3, 0.4) is 0 Å². The van der Waals surface area contributed by atoms with E-state index in [4.69, 9.17) is 0 Å². The Morgan fingerprint density at radius 2 is 1.89 bits per heavy atom. The lowest BCUT2D eigenvalue weighted by Gasteiger charge is -2.16. The monoisotopic (exact) mass is 405 g/mol. The summed E-state index contributed by atoms with van der Waals surface area (Å²) in [4.78, 5) is 26.1. The number of rotatable bonds is 7. The van der Waals surface area contributed by atoms with Crippen molar-refractivity contribution in [2.75, 3.05) is 11.9 Å². The van der Waals surface area contributed by atoms with Crippen LogP contribution in [0, 0.1) is 0 Å². The molecule has 0 spiro atoms. The van der Waals surface area contributed by atoms with E-state index in [9.17, 15) is 18.4 Å². The lowest BCUT2D eigenvalue weighted by molar-refractivity contribution is -0.128. The van der Waals surface area contributed by atoms with Crippen molar-refractivity contribution in [1.29, 1.82) is 0 Å². The van der Waals surface area contributed by atoms with Crippen molar-refractivity contribution in [1.82, 2.24) is 10.2 Å². The molecular formula is C20H21F2N3O2S. The number of carbonyl (C=O) groups excluding carboxylic acids is 2. The summed E-state index contributed by atoms with van der Waals surface area (Å²) in [5, 5.41) is 5.44. The maximum absolute atomic E-state index is 12.3. The third kappa shape index (κ3) is 5.95. The summed E-state index contributed by atoms with van der Waals surface area (Å²) in [5.74, 6) is -2.29. The smallest absolute Gasteiger partial charge is 0.319 e. The SMILES string of the molecule is O=C(NCc1cccc(CN2CCCC2=O)c1)Nc1ccc(SC(F)F)cc1. The van der Waals surface area contributed by atoms with Crippen molar-refractivity contribution in [2.24, 2.45) is 0 Å². The molecule has 2 aromatic rings. The van der Waals surface area contributed by atoms with Gasteiger partial charge in [-0.05, 0) is 41.8 Å². The van der Waals surface area contributed by atoms with E-state index in [-0.39, 0.29) is 11.9 Å². The molecule has 3 amide bonds. The fraction of sp³-hybridized carbons (Fsp3) is 0.300. The summed E-state index contributed by atoms with van der Waals surface area (Å²) in [6, 6.07) is 13.6. The molecule has 0 saturated carbocycles. The molecule has 0 aliphatic carbocycles. The summed E-state index contributed by atoms with van der Waals surface area (Å²) in [6.07, 6.45) is 1.52. The summed E-state index contributed by atoms with van der Waals surface area (Å²) in [7, 11) is 0. The van der Waals surface area contributed by atoms with E-state index in [0.717, 1.165) is 24.1 Å². The van der Waals surface area contributed by atoms with Crippen LogP contribution in [-0.2, 0) is 17.9 Å². The van der Waals surface area contributed by atoms with Crippen LogP contribution in [0.5, 0.6) is 0 Å². The maximum Gasteiger partial charge on any atom is 0.319 e. The van der Waals surface area contributed by atoms with Gasteiger partial charge in [0.1, 0.15) is 0 Å². The van der Waals surface area contributed by atoms with Crippen molar-refractivity contribution >= 4 is 29.4 Å². The van der Waals surface area contributed by atoms with Crippen LogP contribution in [0.1, 0.15) is 24.0 Å². The van der Waals surface area contributed by atoms with Crippen LogP contribution >= 0.6 is 11.8 Å². The molecule has 1 saturated heterocycles. The molecule has 5 nitrogen and oxygen atoms in total. The number of nitrogens with one attached hydrogen (secondary N) is 2. The lowest BCUT2D eigenvalue weighted by atomic mass is 10.1. The fourth-order valence-corrected chi connectivity index (χ4v) is 3.51. The molecule has 148 valence electrons. The fourth-order valence-electron chi connectivity index (χ4n) is 3.01. The second kappa shape index (κ2) is 9.54. The molecule has 0 unspecified atom stereocenters. The van der Waals surface area contributed by atoms with Crippen LogP contribution in [0.15, 0.2) is 53.4 Å². The predicted molar refractivity (Wildman–Crippen MR) is 105 cm³/mol. The standard InChI is InChI=1S/C20H21F2N3O2S/c21-19(22)28-17-8-6-16(7-9-17)24-20(27)23-12-14-3-1-4-15(11-14)13-25-10-2-5-18(25)26/h1,3-4,6-9,11,19H,2,5,10,12-13H2,(H2,23,24,27). The van der Waals surface area contributed by atoms with E-state index in [2.05, 4.69) is 10.6 Å². The van der Waals surface area contributed by atoms with Crippen molar-refractivity contribution in [2.45, 2.75) is 36.6 Å². The highest BCUT2D eigenvalue weighted by Gasteiger charge is 2.19. The van der Waals surface area contributed by atoms with Gasteiger partial charge < -0.3 is 15.5 Å². The number of alkyl halides is 2. The third-order valence-electron chi connectivity index (χ3n) is 4.33. The van der Waals surface area contributed by atoms with E-state index in [1.54, 1.807) is 12.1 Å². The molecule has 1 heterocycles. The Morgan fingerprint density at radius 1 is 1.14 bits per heavy atom. The van der Waals surface area contributed by atoms with Gasteiger partial charge in [-0.3, -0.25) is 4.79 Å². The molecule has 0 bridgehead atoms. The van der Waals surface area contributed by atoms with E-state index in [1.165, 1.54) is 12.1 Å². The molecule has 1 fully saturated rings. The Morgan fingerprint density at radius 3 is 2.57 bits per heavy atom. The zero-order valence-electron chi connectivity index (χ0n) is 15.2. The number of benzene rings is 2. The average Bonchev–Trinajstić information content (AvgIpc) is 3.06. The summed E-state index contributed by atoms with van der Waals surface area (Å²) >= 11 is 0.460. The second-order valence-electron chi connectivity index (χ2n) is 6.45. The topological polar surface area (TPSA) is 61.4 Å². The van der Waals surface area contributed by atoms with Gasteiger partial charge in [0, 0.05) is 36.6 Å². The predicted octanol–water partition coefficient (Wildman–Crippen LogP) is 4.45. The average molecular weight is 405 g/mol. The van der Waals surface area contributed by atoms with E-state index >= 15 is 0 Å². The Labute approximate surface area is 166 Å². The number of urea groups is 1. The molecule has 2 N–H and O–H groups in total. The van der Waals surface area contributed by atoms with Gasteiger partial charge in [-0.1, -0.05) is 36.0 Å². The first kappa shape index (κ1) is 20.1. The highest BCUT2D eigenvalue weighted by atomic mass is 32.2. The van der Waals surface area contributed by atoms with Crippen molar-refractivity contribution in [3.05, 3.63) is 59.7 Å². The van der Waals surface area contributed by atoms with E-state index < -0.39 is 5.76 Å². The molecule has 0 atom stereocenters. The summed E-state index contributed by atoms with van der Waals surface area (Å²) in [6.45, 7) is 1.72. The minimum absolute atomic E-state index is 0.181. The second-order valence-corrected chi connectivity index (χ2v) is 7.51. The molecule has 0 aromatic heterocycles. The van der Waals surface area contributed by atoms with Crippen LogP contribution in [0.25, 0.3) is 0 Å². The minimum Gasteiger partial charge on any atom is -0.338 e. The number of hydrogen-bond donors (Lipinski definition) is 2. The minimum atomic E-state index is -2.47. The van der Waals surface area contributed by atoms with Crippen LogP contribution in [0.2, 0.25) is 0 Å². The molecular weight excluding hydrogens is 384 g/mol. The third-order valence-corrected chi connectivity index (χ3v) is 5.05. The number of halogens is 2. The number of nitrogens with zero attached hydrogens (tertiary/aromatic N) is 1. The number of carbonyl (C=O) groups is 2. The maximum atomic E-state index is 12.3. The Balaban J connectivity index is 1.49. The zero-order chi connectivity index (χ0) is 19.9. The normalized spacial score (nSPS) is 13.8. The number of amides is 3. The Hall–Kier alpha value is -2.61. The van der Waals surface area contributed by atoms with Crippen LogP contribution in [-0.4, -0.2) is 29.1 Å². The molecule has 3 rings (SSSR count). The first-order valence-corrected chi connectivity index (χ1v) is 9.83. The van der Waals surface area contributed by atoms with Gasteiger partial charge >= 0.3 is 6.03 Å². The van der Waals surface area contributed by atoms with Gasteiger partial charge in [-0.25, -0.2) is 4.79 Å². The summed E-state index contributed by atoms with van der Waals surface area (Å²) < 4.78 is 24.6. The van der Waals surface area contributed by atoms with Gasteiger partial charge in [0.25, 0.3) is 5.76 Å². The van der Waals surface area contributed by atoms with Gasteiger partial charge in [0.15, 0.2) is 0 Å². The van der Waals surface area contributed by atoms with Crippen molar-refractivity contribution in [3.63, 3.8) is 0 Å². The number of anilines is 1. The molecule has 2 aromatic carbocycles. The van der Waals surface area contributed by atoms with Crippen molar-refractivity contribution in [3.8, 4) is 0 Å². The first-order chi connectivity index (χ1) is 13.5. The molecule has 8 heteroatoms. The molecule has 1 aliphatic heterocycles. The molecule has 0 radical (unpaired) electrons. The zero-order valence-corrected chi connectivity index (χ0v) is 16.0. The van der Waals surface area contributed by atoms with Gasteiger partial charge in [0.2, 0.25) is 5.91 Å². The highest BCUT2D eigenvalue weighted by Crippen LogP contribution is 2.26. The van der Waals surface area contributed by atoms with Crippen LogP contribution < -0.4 is 10.6 Å². The highest BCUT2D eigenvalue weighted by molar-refractivity contribution is 7.99. The number of likely N-dealkylation sites (tertiary alicyclic amines) is 1. The number of thioether (sulfide) groups is 1.